The summed E-state index contributed by atoms with van der Waals surface area (Å²) in [5, 5.41) is 3.43. The molecule has 3 fully saturated rings. The third-order valence-electron chi connectivity index (χ3n) is 4.16. The van der Waals surface area contributed by atoms with E-state index in [1.54, 1.807) is 0 Å². The summed E-state index contributed by atoms with van der Waals surface area (Å²) in [5.74, 6) is 0.596. The first-order valence-corrected chi connectivity index (χ1v) is 6.52. The van der Waals surface area contributed by atoms with Crippen LogP contribution in [0, 0.1) is 5.92 Å². The van der Waals surface area contributed by atoms with Gasteiger partial charge >= 0.3 is 6.09 Å². The molecule has 0 bridgehead atoms. The SMILES string of the molecule is O=C1OC2CCCC2CN1CC1CCCN1. The highest BCUT2D eigenvalue weighted by molar-refractivity contribution is 5.68. The average Bonchev–Trinajstić information content (AvgIpc) is 2.89. The number of hydrogen-bond donors (Lipinski definition) is 1. The number of carbonyl (C=O) groups excluding carboxylic acids is 1. The normalized spacial score (nSPS) is 38.6. The maximum atomic E-state index is 11.8. The van der Waals surface area contributed by atoms with E-state index in [-0.39, 0.29) is 12.2 Å². The summed E-state index contributed by atoms with van der Waals surface area (Å²) >= 11 is 0. The van der Waals surface area contributed by atoms with Crippen LogP contribution in [0.25, 0.3) is 0 Å². The first-order valence-electron chi connectivity index (χ1n) is 6.52. The van der Waals surface area contributed by atoms with Crippen molar-refractivity contribution in [2.45, 2.75) is 44.2 Å². The lowest BCUT2D eigenvalue weighted by atomic mass is 10.0. The molecular formula is C12H20N2O2. The van der Waals surface area contributed by atoms with E-state index in [0.29, 0.717) is 12.0 Å². The highest BCUT2D eigenvalue weighted by Gasteiger charge is 2.39. The van der Waals surface area contributed by atoms with Crippen LogP contribution in [0.4, 0.5) is 4.79 Å². The van der Waals surface area contributed by atoms with Crippen molar-refractivity contribution in [1.29, 1.82) is 0 Å². The van der Waals surface area contributed by atoms with Crippen LogP contribution in [0.2, 0.25) is 0 Å². The second kappa shape index (κ2) is 4.24. The topological polar surface area (TPSA) is 41.6 Å². The average molecular weight is 224 g/mol. The van der Waals surface area contributed by atoms with E-state index in [2.05, 4.69) is 5.32 Å². The molecule has 0 radical (unpaired) electrons. The quantitative estimate of drug-likeness (QED) is 0.770. The van der Waals surface area contributed by atoms with Gasteiger partial charge in [0, 0.05) is 25.0 Å². The molecule has 2 saturated heterocycles. The second-order valence-corrected chi connectivity index (χ2v) is 5.31. The molecule has 4 heteroatoms. The fraction of sp³-hybridized carbons (Fsp3) is 0.917. The van der Waals surface area contributed by atoms with Gasteiger partial charge in [0.25, 0.3) is 0 Å². The molecule has 3 unspecified atom stereocenters. The van der Waals surface area contributed by atoms with E-state index in [1.807, 2.05) is 4.90 Å². The number of nitrogens with zero attached hydrogens (tertiary/aromatic N) is 1. The molecule has 1 N–H and O–H groups in total. The van der Waals surface area contributed by atoms with Crippen molar-refractivity contribution in [3.63, 3.8) is 0 Å². The number of fused-ring (bicyclic) bond motifs is 1. The summed E-state index contributed by atoms with van der Waals surface area (Å²) < 4.78 is 5.49. The third-order valence-corrected chi connectivity index (χ3v) is 4.16. The van der Waals surface area contributed by atoms with Crippen LogP contribution in [0.15, 0.2) is 0 Å². The fourth-order valence-electron chi connectivity index (χ4n) is 3.26. The van der Waals surface area contributed by atoms with Gasteiger partial charge in [-0.05, 0) is 38.6 Å². The van der Waals surface area contributed by atoms with Gasteiger partial charge in [-0.2, -0.15) is 0 Å². The van der Waals surface area contributed by atoms with E-state index in [4.69, 9.17) is 4.74 Å². The first-order chi connectivity index (χ1) is 7.83. The van der Waals surface area contributed by atoms with Gasteiger partial charge in [0.05, 0.1) is 0 Å². The van der Waals surface area contributed by atoms with Gasteiger partial charge in [-0.15, -0.1) is 0 Å². The molecule has 0 aromatic rings. The zero-order valence-electron chi connectivity index (χ0n) is 9.65. The fourth-order valence-corrected chi connectivity index (χ4v) is 3.26. The standard InChI is InChI=1S/C12H20N2O2/c15-12-14(8-10-4-2-6-13-10)7-9-3-1-5-11(9)16-12/h9-11,13H,1-8H2. The number of amides is 1. The van der Waals surface area contributed by atoms with Crippen LogP contribution in [0.5, 0.6) is 0 Å². The minimum absolute atomic E-state index is 0.0863. The van der Waals surface area contributed by atoms with Crippen LogP contribution in [0.1, 0.15) is 32.1 Å². The number of rotatable bonds is 2. The van der Waals surface area contributed by atoms with Crippen molar-refractivity contribution in [3.05, 3.63) is 0 Å². The zero-order chi connectivity index (χ0) is 11.0. The molecule has 2 heterocycles. The summed E-state index contributed by atoms with van der Waals surface area (Å²) in [6.07, 6.45) is 6.09. The molecule has 90 valence electrons. The van der Waals surface area contributed by atoms with Gasteiger partial charge in [0.1, 0.15) is 6.10 Å². The highest BCUT2D eigenvalue weighted by atomic mass is 16.6. The molecule has 1 amide bonds. The van der Waals surface area contributed by atoms with Crippen molar-refractivity contribution in [1.82, 2.24) is 10.2 Å². The molecule has 4 nitrogen and oxygen atoms in total. The van der Waals surface area contributed by atoms with E-state index in [0.717, 1.165) is 26.1 Å². The number of ether oxygens (including phenoxy) is 1. The van der Waals surface area contributed by atoms with E-state index in [1.165, 1.54) is 25.7 Å². The lowest BCUT2D eigenvalue weighted by Crippen LogP contribution is -2.50. The molecule has 2 aliphatic heterocycles. The predicted molar refractivity (Wildman–Crippen MR) is 60.2 cm³/mol. The Morgan fingerprint density at radius 2 is 2.25 bits per heavy atom. The summed E-state index contributed by atoms with van der Waals surface area (Å²) in [4.78, 5) is 13.7. The summed E-state index contributed by atoms with van der Waals surface area (Å²) in [6.45, 7) is 2.85. The van der Waals surface area contributed by atoms with Gasteiger partial charge in [0.2, 0.25) is 0 Å². The predicted octanol–water partition coefficient (Wildman–Crippen LogP) is 1.36. The second-order valence-electron chi connectivity index (χ2n) is 5.31. The Kier molecular flexibility index (Phi) is 2.75. The highest BCUT2D eigenvalue weighted by Crippen LogP contribution is 2.33. The van der Waals surface area contributed by atoms with Crippen molar-refractivity contribution < 1.29 is 9.53 Å². The Morgan fingerprint density at radius 3 is 3.06 bits per heavy atom. The van der Waals surface area contributed by atoms with Gasteiger partial charge in [-0.25, -0.2) is 4.79 Å². The number of nitrogens with one attached hydrogen (secondary N) is 1. The number of carbonyl (C=O) groups is 1. The van der Waals surface area contributed by atoms with Crippen molar-refractivity contribution >= 4 is 6.09 Å². The van der Waals surface area contributed by atoms with Crippen LogP contribution in [-0.2, 0) is 4.74 Å². The molecule has 16 heavy (non-hydrogen) atoms. The third kappa shape index (κ3) is 1.90. The van der Waals surface area contributed by atoms with E-state index < -0.39 is 0 Å². The van der Waals surface area contributed by atoms with Gasteiger partial charge < -0.3 is 15.0 Å². The molecule has 1 aliphatic carbocycles. The summed E-state index contributed by atoms with van der Waals surface area (Å²) in [7, 11) is 0. The Balaban J connectivity index is 1.59. The van der Waals surface area contributed by atoms with Crippen LogP contribution in [-0.4, -0.2) is 42.8 Å². The number of hydrogen-bond acceptors (Lipinski definition) is 3. The Labute approximate surface area is 96.3 Å². The minimum atomic E-state index is -0.0863. The van der Waals surface area contributed by atoms with Gasteiger partial charge in [-0.1, -0.05) is 0 Å². The zero-order valence-corrected chi connectivity index (χ0v) is 9.65. The maximum absolute atomic E-state index is 11.8. The molecule has 3 rings (SSSR count). The first kappa shape index (κ1) is 10.4. The lowest BCUT2D eigenvalue weighted by molar-refractivity contribution is 0.000000620. The summed E-state index contributed by atoms with van der Waals surface area (Å²) in [5.41, 5.74) is 0. The monoisotopic (exact) mass is 224 g/mol. The van der Waals surface area contributed by atoms with Crippen molar-refractivity contribution in [2.24, 2.45) is 5.92 Å². The molecule has 0 aromatic carbocycles. The van der Waals surface area contributed by atoms with Crippen LogP contribution >= 0.6 is 0 Å². The Hall–Kier alpha value is -0.770. The molecule has 3 aliphatic rings. The molecular weight excluding hydrogens is 204 g/mol. The largest absolute Gasteiger partial charge is 0.446 e. The molecule has 3 atom stereocenters. The summed E-state index contributed by atoms with van der Waals surface area (Å²) in [6, 6.07) is 0.491. The molecule has 1 saturated carbocycles. The molecule has 0 aromatic heterocycles. The lowest BCUT2D eigenvalue weighted by Gasteiger charge is -2.35. The Morgan fingerprint density at radius 1 is 1.31 bits per heavy atom. The van der Waals surface area contributed by atoms with Crippen LogP contribution < -0.4 is 5.32 Å². The van der Waals surface area contributed by atoms with Crippen LogP contribution in [0.3, 0.4) is 0 Å². The van der Waals surface area contributed by atoms with E-state index in [9.17, 15) is 4.79 Å². The smallest absolute Gasteiger partial charge is 0.410 e. The maximum Gasteiger partial charge on any atom is 0.410 e. The van der Waals surface area contributed by atoms with Gasteiger partial charge in [0.15, 0.2) is 0 Å². The van der Waals surface area contributed by atoms with Crippen molar-refractivity contribution in [3.8, 4) is 0 Å². The Bertz CT molecular complexity index is 274. The molecule has 0 spiro atoms. The van der Waals surface area contributed by atoms with Gasteiger partial charge in [-0.3, -0.25) is 0 Å². The van der Waals surface area contributed by atoms with E-state index >= 15 is 0 Å². The van der Waals surface area contributed by atoms with Crippen molar-refractivity contribution in [2.75, 3.05) is 19.6 Å². The minimum Gasteiger partial charge on any atom is -0.446 e.